The zero-order valence-corrected chi connectivity index (χ0v) is 25.3. The minimum Gasteiger partial charge on any atom is -0.208 e. The number of hydrogen-bond donors (Lipinski definition) is 0. The Morgan fingerprint density at radius 1 is 0.356 bits per heavy atom. The van der Waals surface area contributed by atoms with Crippen LogP contribution in [0.25, 0.3) is 67.5 Å². The highest BCUT2D eigenvalue weighted by molar-refractivity contribution is 5.89. The van der Waals surface area contributed by atoms with Crippen LogP contribution in [0.1, 0.15) is 25.0 Å². The maximum absolute atomic E-state index is 5.09. The first-order valence-corrected chi connectivity index (χ1v) is 15.4. The van der Waals surface area contributed by atoms with Crippen LogP contribution >= 0.6 is 0 Å². The summed E-state index contributed by atoms with van der Waals surface area (Å²) >= 11 is 0. The predicted molar refractivity (Wildman–Crippen MR) is 185 cm³/mol. The third kappa shape index (κ3) is 4.74. The number of aromatic nitrogens is 3. The van der Waals surface area contributed by atoms with Crippen LogP contribution in [0.2, 0.25) is 0 Å². The number of hydrogen-bond acceptors (Lipinski definition) is 3. The summed E-state index contributed by atoms with van der Waals surface area (Å²) in [4.78, 5) is 15.1. The normalized spacial score (nSPS) is 12.8. The molecule has 0 fully saturated rings. The van der Waals surface area contributed by atoms with Crippen LogP contribution in [0.3, 0.4) is 0 Å². The van der Waals surface area contributed by atoms with Crippen LogP contribution in [0, 0.1) is 0 Å². The van der Waals surface area contributed by atoms with Crippen molar-refractivity contribution in [2.24, 2.45) is 0 Å². The second kappa shape index (κ2) is 10.8. The molecule has 1 aromatic heterocycles. The Morgan fingerprint density at radius 3 is 1.44 bits per heavy atom. The second-order valence-electron chi connectivity index (χ2n) is 12.1. The molecular formula is C42H31N3. The Kier molecular flexibility index (Phi) is 6.46. The highest BCUT2D eigenvalue weighted by Gasteiger charge is 2.38. The van der Waals surface area contributed by atoms with Crippen molar-refractivity contribution in [1.82, 2.24) is 15.0 Å². The summed E-state index contributed by atoms with van der Waals surface area (Å²) in [6.45, 7) is 4.64. The van der Waals surface area contributed by atoms with Gasteiger partial charge in [-0.15, -0.1) is 0 Å². The van der Waals surface area contributed by atoms with E-state index in [4.69, 9.17) is 15.0 Å². The van der Waals surface area contributed by atoms with Crippen molar-refractivity contribution in [3.05, 3.63) is 163 Å². The third-order valence-electron chi connectivity index (χ3n) is 8.92. The van der Waals surface area contributed by atoms with Gasteiger partial charge >= 0.3 is 0 Å². The smallest absolute Gasteiger partial charge is 0.164 e. The van der Waals surface area contributed by atoms with Gasteiger partial charge in [0.15, 0.2) is 17.5 Å². The van der Waals surface area contributed by atoms with Crippen molar-refractivity contribution in [3.8, 4) is 67.5 Å². The summed E-state index contributed by atoms with van der Waals surface area (Å²) in [5.74, 6) is 2.04. The van der Waals surface area contributed by atoms with Gasteiger partial charge in [0.1, 0.15) is 0 Å². The molecular weight excluding hydrogens is 546 g/mol. The predicted octanol–water partition coefficient (Wildman–Crippen LogP) is 10.5. The van der Waals surface area contributed by atoms with E-state index in [0.29, 0.717) is 17.5 Å². The zero-order chi connectivity index (χ0) is 30.4. The minimum absolute atomic E-state index is 0.263. The lowest BCUT2D eigenvalue weighted by atomic mass is 9.79. The summed E-state index contributed by atoms with van der Waals surface area (Å²) in [6, 6.07) is 53.2. The van der Waals surface area contributed by atoms with Crippen molar-refractivity contribution in [2.45, 2.75) is 19.3 Å². The van der Waals surface area contributed by atoms with Gasteiger partial charge in [-0.1, -0.05) is 153 Å². The van der Waals surface area contributed by atoms with Crippen LogP contribution < -0.4 is 0 Å². The van der Waals surface area contributed by atoms with Gasteiger partial charge in [0.05, 0.1) is 0 Å². The minimum atomic E-state index is -0.263. The molecule has 1 aliphatic rings. The van der Waals surface area contributed by atoms with Gasteiger partial charge in [-0.2, -0.15) is 0 Å². The van der Waals surface area contributed by atoms with E-state index >= 15 is 0 Å². The van der Waals surface area contributed by atoms with E-state index in [1.54, 1.807) is 0 Å². The number of nitrogens with zero attached hydrogens (tertiary/aromatic N) is 3. The molecule has 0 bridgehead atoms. The largest absolute Gasteiger partial charge is 0.208 e. The van der Waals surface area contributed by atoms with Crippen molar-refractivity contribution in [3.63, 3.8) is 0 Å². The van der Waals surface area contributed by atoms with Crippen molar-refractivity contribution >= 4 is 0 Å². The summed E-state index contributed by atoms with van der Waals surface area (Å²) < 4.78 is 0. The number of fused-ring (bicyclic) bond motifs is 3. The molecule has 6 aromatic carbocycles. The maximum atomic E-state index is 5.09. The van der Waals surface area contributed by atoms with Crippen LogP contribution in [0.4, 0.5) is 0 Å². The average molecular weight is 578 g/mol. The first-order chi connectivity index (χ1) is 22.1. The average Bonchev–Trinajstić information content (AvgIpc) is 3.35. The zero-order valence-electron chi connectivity index (χ0n) is 25.3. The van der Waals surface area contributed by atoms with Crippen LogP contribution in [0.5, 0.6) is 0 Å². The Balaban J connectivity index is 1.26. The molecule has 214 valence electrons. The fourth-order valence-corrected chi connectivity index (χ4v) is 6.68. The number of rotatable bonds is 5. The quantitative estimate of drug-likeness (QED) is 0.204. The molecule has 1 aliphatic carbocycles. The molecule has 3 heteroatoms. The molecule has 7 aromatic rings. The first kappa shape index (κ1) is 26.9. The lowest BCUT2D eigenvalue weighted by Gasteiger charge is -2.24. The molecule has 1 heterocycles. The Morgan fingerprint density at radius 2 is 0.822 bits per heavy atom. The van der Waals surface area contributed by atoms with Gasteiger partial charge < -0.3 is 0 Å². The van der Waals surface area contributed by atoms with E-state index < -0.39 is 0 Å². The molecule has 0 N–H and O–H groups in total. The highest BCUT2D eigenvalue weighted by Crippen LogP contribution is 2.52. The van der Waals surface area contributed by atoms with Gasteiger partial charge in [0.2, 0.25) is 0 Å². The van der Waals surface area contributed by atoms with Gasteiger partial charge in [-0.05, 0) is 56.6 Å². The molecule has 0 amide bonds. The van der Waals surface area contributed by atoms with E-state index in [-0.39, 0.29) is 5.41 Å². The van der Waals surface area contributed by atoms with Crippen LogP contribution in [0.15, 0.2) is 152 Å². The molecule has 0 saturated heterocycles. The second-order valence-corrected chi connectivity index (χ2v) is 12.1. The summed E-state index contributed by atoms with van der Waals surface area (Å²) in [7, 11) is 0. The molecule has 0 saturated carbocycles. The van der Waals surface area contributed by atoms with E-state index in [2.05, 4.69) is 129 Å². The van der Waals surface area contributed by atoms with Gasteiger partial charge in [-0.3, -0.25) is 0 Å². The molecule has 0 aliphatic heterocycles. The molecule has 0 unspecified atom stereocenters. The summed E-state index contributed by atoms with van der Waals surface area (Å²) in [6.07, 6.45) is 0. The Labute approximate surface area is 264 Å². The Hall–Kier alpha value is -5.67. The monoisotopic (exact) mass is 577 g/mol. The van der Waals surface area contributed by atoms with Crippen LogP contribution in [-0.4, -0.2) is 15.0 Å². The van der Waals surface area contributed by atoms with Crippen molar-refractivity contribution in [1.29, 1.82) is 0 Å². The maximum Gasteiger partial charge on any atom is 0.164 e. The fourth-order valence-electron chi connectivity index (χ4n) is 6.68. The molecule has 3 nitrogen and oxygen atoms in total. The van der Waals surface area contributed by atoms with Gasteiger partial charge in [0, 0.05) is 22.1 Å². The molecule has 45 heavy (non-hydrogen) atoms. The third-order valence-corrected chi connectivity index (χ3v) is 8.92. The van der Waals surface area contributed by atoms with Gasteiger partial charge in [-0.25, -0.2) is 15.0 Å². The van der Waals surface area contributed by atoms with E-state index in [0.717, 1.165) is 16.7 Å². The van der Waals surface area contributed by atoms with Gasteiger partial charge in [0.25, 0.3) is 0 Å². The van der Waals surface area contributed by atoms with E-state index in [1.165, 1.54) is 44.5 Å². The van der Waals surface area contributed by atoms with Crippen molar-refractivity contribution in [2.75, 3.05) is 0 Å². The lowest BCUT2D eigenvalue weighted by Crippen LogP contribution is -2.17. The molecule has 0 radical (unpaired) electrons. The standard InChI is InChI=1S/C42H31N3/c1-42(2)37-27-33(32-21-12-20-31(26-32)28-14-6-3-7-15-28)24-25-34(37)35-22-13-23-36(38(35)42)41-44-39(29-16-8-4-9-17-29)43-40(45-41)30-18-10-5-11-19-30/h3-27H,1-2H3. The lowest BCUT2D eigenvalue weighted by molar-refractivity contribution is 0.661. The van der Waals surface area contributed by atoms with Crippen molar-refractivity contribution < 1.29 is 0 Å². The SMILES string of the molecule is CC1(C)c2cc(-c3cccc(-c4ccccc4)c3)ccc2-c2cccc(-c3nc(-c4ccccc4)nc(-c4ccccc4)n3)c21. The topological polar surface area (TPSA) is 38.7 Å². The van der Waals surface area contributed by atoms with E-state index in [9.17, 15) is 0 Å². The fraction of sp³-hybridized carbons (Fsp3) is 0.0714. The summed E-state index contributed by atoms with van der Waals surface area (Å²) in [5, 5.41) is 0. The number of benzene rings is 6. The highest BCUT2D eigenvalue weighted by atomic mass is 15.0. The van der Waals surface area contributed by atoms with Crippen LogP contribution in [-0.2, 0) is 5.41 Å². The molecule has 0 spiro atoms. The molecule has 8 rings (SSSR count). The first-order valence-electron chi connectivity index (χ1n) is 15.4. The Bertz CT molecular complexity index is 2110. The van der Waals surface area contributed by atoms with E-state index in [1.807, 2.05) is 36.4 Å². The molecule has 0 atom stereocenters. The summed E-state index contributed by atoms with van der Waals surface area (Å²) in [5.41, 5.74) is 12.6.